The summed E-state index contributed by atoms with van der Waals surface area (Å²) in [7, 11) is 2.37. The normalized spacial score (nSPS) is 11.5. The van der Waals surface area contributed by atoms with E-state index in [0.717, 1.165) is 0 Å². The van der Waals surface area contributed by atoms with Crippen LogP contribution in [0.3, 0.4) is 0 Å². The van der Waals surface area contributed by atoms with E-state index >= 15 is 0 Å². The average molecular weight is 269 g/mol. The molecule has 0 aliphatic carbocycles. The third kappa shape index (κ3) is 4.06. The Kier molecular flexibility index (Phi) is 4.99. The van der Waals surface area contributed by atoms with Gasteiger partial charge in [-0.15, -0.1) is 0 Å². The highest BCUT2D eigenvalue weighted by Crippen LogP contribution is 2.25. The standard InChI is InChI=1S/C12H15NO6/c1-18-11(16)8(13-12(17)19-2)5-7-3-4-9(14)10(15)6-7/h3-4,6,8,14-15H,5H2,1-2H3,(H,13,17)/t8-/m0/s1. The number of hydrogen-bond acceptors (Lipinski definition) is 6. The SMILES string of the molecule is COC(=O)N[C@@H](Cc1ccc(O)c(O)c1)C(=O)OC. The summed E-state index contributed by atoms with van der Waals surface area (Å²) < 4.78 is 8.97. The summed E-state index contributed by atoms with van der Waals surface area (Å²) in [6, 6.07) is 3.16. The second-order valence-corrected chi connectivity index (χ2v) is 3.74. The predicted octanol–water partition coefficient (Wildman–Crippen LogP) is 0.538. The summed E-state index contributed by atoms with van der Waals surface area (Å²) in [6.07, 6.45) is -0.672. The fourth-order valence-corrected chi connectivity index (χ4v) is 1.47. The van der Waals surface area contributed by atoms with Crippen LogP contribution in [0.2, 0.25) is 0 Å². The van der Waals surface area contributed by atoms with Crippen molar-refractivity contribution in [2.75, 3.05) is 14.2 Å². The highest BCUT2D eigenvalue weighted by Gasteiger charge is 2.22. The number of methoxy groups -OCH3 is 2. The van der Waals surface area contributed by atoms with E-state index in [4.69, 9.17) is 0 Å². The molecular weight excluding hydrogens is 254 g/mol. The molecule has 0 radical (unpaired) electrons. The summed E-state index contributed by atoms with van der Waals surface area (Å²) in [5.41, 5.74) is 0.544. The summed E-state index contributed by atoms with van der Waals surface area (Å²) >= 11 is 0. The Balaban J connectivity index is 2.84. The number of esters is 1. The summed E-state index contributed by atoms with van der Waals surface area (Å²) in [4.78, 5) is 22.6. The third-order valence-corrected chi connectivity index (χ3v) is 2.44. The van der Waals surface area contributed by atoms with Gasteiger partial charge in [-0.2, -0.15) is 0 Å². The summed E-state index contributed by atoms with van der Waals surface area (Å²) in [6.45, 7) is 0. The molecule has 3 N–H and O–H groups in total. The predicted molar refractivity (Wildman–Crippen MR) is 64.8 cm³/mol. The van der Waals surface area contributed by atoms with Crippen molar-refractivity contribution in [3.05, 3.63) is 23.8 Å². The molecule has 0 heterocycles. The number of phenols is 2. The zero-order chi connectivity index (χ0) is 14.4. The van der Waals surface area contributed by atoms with Gasteiger partial charge in [0.25, 0.3) is 0 Å². The minimum Gasteiger partial charge on any atom is -0.504 e. The van der Waals surface area contributed by atoms with Crippen molar-refractivity contribution in [3.8, 4) is 11.5 Å². The van der Waals surface area contributed by atoms with Gasteiger partial charge < -0.3 is 25.0 Å². The van der Waals surface area contributed by atoms with E-state index in [0.29, 0.717) is 5.56 Å². The summed E-state index contributed by atoms with van der Waals surface area (Å²) in [5, 5.41) is 20.9. The van der Waals surface area contributed by atoms with E-state index in [9.17, 15) is 19.8 Å². The van der Waals surface area contributed by atoms with Gasteiger partial charge in [0.1, 0.15) is 6.04 Å². The van der Waals surface area contributed by atoms with Crippen LogP contribution >= 0.6 is 0 Å². The van der Waals surface area contributed by atoms with Crippen LogP contribution in [0.5, 0.6) is 11.5 Å². The van der Waals surface area contributed by atoms with E-state index in [1.54, 1.807) is 0 Å². The number of nitrogens with one attached hydrogen (secondary N) is 1. The minimum atomic E-state index is -0.943. The van der Waals surface area contributed by atoms with Gasteiger partial charge in [0.2, 0.25) is 0 Å². The lowest BCUT2D eigenvalue weighted by molar-refractivity contribution is -0.142. The van der Waals surface area contributed by atoms with Crippen molar-refractivity contribution in [3.63, 3.8) is 0 Å². The number of carbonyl (C=O) groups is 2. The molecule has 1 amide bonds. The molecule has 1 aromatic rings. The first-order valence-electron chi connectivity index (χ1n) is 5.41. The molecule has 0 spiro atoms. The van der Waals surface area contributed by atoms with Gasteiger partial charge in [-0.1, -0.05) is 6.07 Å². The molecular formula is C12H15NO6. The summed E-state index contributed by atoms with van der Waals surface area (Å²) in [5.74, 6) is -1.21. The van der Waals surface area contributed by atoms with E-state index < -0.39 is 18.1 Å². The molecule has 0 saturated heterocycles. The number of aromatic hydroxyl groups is 2. The maximum atomic E-state index is 11.5. The smallest absolute Gasteiger partial charge is 0.407 e. The van der Waals surface area contributed by atoms with E-state index in [-0.39, 0.29) is 17.9 Å². The topological polar surface area (TPSA) is 105 Å². The van der Waals surface area contributed by atoms with Gasteiger partial charge in [0.05, 0.1) is 14.2 Å². The molecule has 0 saturated carbocycles. The van der Waals surface area contributed by atoms with Gasteiger partial charge in [0.15, 0.2) is 11.5 Å². The molecule has 0 aliphatic rings. The van der Waals surface area contributed by atoms with E-state index in [1.807, 2.05) is 0 Å². The van der Waals surface area contributed by atoms with E-state index in [1.165, 1.54) is 32.4 Å². The van der Waals surface area contributed by atoms with Crippen molar-refractivity contribution in [2.24, 2.45) is 0 Å². The van der Waals surface area contributed by atoms with Crippen molar-refractivity contribution in [1.29, 1.82) is 0 Å². The van der Waals surface area contributed by atoms with Crippen molar-refractivity contribution < 1.29 is 29.3 Å². The lowest BCUT2D eigenvalue weighted by Gasteiger charge is -2.15. The maximum absolute atomic E-state index is 11.5. The lowest BCUT2D eigenvalue weighted by atomic mass is 10.1. The third-order valence-electron chi connectivity index (χ3n) is 2.44. The molecule has 0 aromatic heterocycles. The molecule has 7 nitrogen and oxygen atoms in total. The lowest BCUT2D eigenvalue weighted by Crippen LogP contribution is -2.42. The van der Waals surface area contributed by atoms with Gasteiger partial charge in [-0.25, -0.2) is 9.59 Å². The fourth-order valence-electron chi connectivity index (χ4n) is 1.47. The second kappa shape index (κ2) is 6.48. The van der Waals surface area contributed by atoms with Crippen molar-refractivity contribution >= 4 is 12.1 Å². The van der Waals surface area contributed by atoms with Gasteiger partial charge >= 0.3 is 12.1 Å². The molecule has 1 aromatic carbocycles. The molecule has 7 heteroatoms. The van der Waals surface area contributed by atoms with Crippen LogP contribution in [0.15, 0.2) is 18.2 Å². The molecule has 104 valence electrons. The van der Waals surface area contributed by atoms with Crippen LogP contribution in [0.25, 0.3) is 0 Å². The highest BCUT2D eigenvalue weighted by atomic mass is 16.5. The molecule has 1 atom stereocenters. The van der Waals surface area contributed by atoms with Crippen LogP contribution in [-0.2, 0) is 20.7 Å². The largest absolute Gasteiger partial charge is 0.504 e. The van der Waals surface area contributed by atoms with Crippen LogP contribution in [0.1, 0.15) is 5.56 Å². The average Bonchev–Trinajstić information content (AvgIpc) is 2.41. The first-order valence-corrected chi connectivity index (χ1v) is 5.41. The van der Waals surface area contributed by atoms with Crippen molar-refractivity contribution in [2.45, 2.75) is 12.5 Å². The molecule has 0 unspecified atom stereocenters. The number of hydrogen-bond donors (Lipinski definition) is 3. The number of benzene rings is 1. The number of ether oxygens (including phenoxy) is 2. The maximum Gasteiger partial charge on any atom is 0.407 e. The Morgan fingerprint density at radius 1 is 1.21 bits per heavy atom. The van der Waals surface area contributed by atoms with Crippen LogP contribution in [-0.4, -0.2) is 42.5 Å². The Hall–Kier alpha value is -2.44. The Labute approximate surface area is 109 Å². The number of carbonyl (C=O) groups excluding carboxylic acids is 2. The Morgan fingerprint density at radius 3 is 2.42 bits per heavy atom. The Morgan fingerprint density at radius 2 is 1.89 bits per heavy atom. The molecule has 19 heavy (non-hydrogen) atoms. The monoisotopic (exact) mass is 269 g/mol. The number of amides is 1. The first kappa shape index (κ1) is 14.6. The van der Waals surface area contributed by atoms with Gasteiger partial charge in [-0.05, 0) is 17.7 Å². The minimum absolute atomic E-state index is 0.0929. The van der Waals surface area contributed by atoms with Crippen LogP contribution in [0, 0.1) is 0 Å². The first-order chi connectivity index (χ1) is 8.97. The second-order valence-electron chi connectivity index (χ2n) is 3.74. The zero-order valence-corrected chi connectivity index (χ0v) is 10.5. The number of phenolic OH excluding ortho intramolecular Hbond substituents is 2. The molecule has 0 fully saturated rings. The quantitative estimate of drug-likeness (QED) is 0.544. The van der Waals surface area contributed by atoms with Crippen LogP contribution < -0.4 is 5.32 Å². The molecule has 0 bridgehead atoms. The van der Waals surface area contributed by atoms with Gasteiger partial charge in [0, 0.05) is 6.42 Å². The van der Waals surface area contributed by atoms with Crippen molar-refractivity contribution in [1.82, 2.24) is 5.32 Å². The van der Waals surface area contributed by atoms with Gasteiger partial charge in [-0.3, -0.25) is 0 Å². The Bertz CT molecular complexity index is 473. The fraction of sp³-hybridized carbons (Fsp3) is 0.333. The van der Waals surface area contributed by atoms with Crippen LogP contribution in [0.4, 0.5) is 4.79 Å². The molecule has 0 aliphatic heterocycles. The number of alkyl carbamates (subject to hydrolysis) is 1. The van der Waals surface area contributed by atoms with E-state index in [2.05, 4.69) is 14.8 Å². The zero-order valence-electron chi connectivity index (χ0n) is 10.5. The molecule has 1 rings (SSSR count). The number of rotatable bonds is 4. The highest BCUT2D eigenvalue weighted by molar-refractivity contribution is 5.81.